The first-order valence-corrected chi connectivity index (χ1v) is 7.27. The number of pyridine rings is 1. The zero-order valence-corrected chi connectivity index (χ0v) is 13.4. The highest BCUT2D eigenvalue weighted by atomic mass is 16.5. The number of hydrogen-bond donors (Lipinski definition) is 2. The number of methoxy groups -OCH3 is 2. The third kappa shape index (κ3) is 2.60. The molecule has 0 radical (unpaired) electrons. The average Bonchev–Trinajstić information content (AvgIpc) is 2.63. The van der Waals surface area contributed by atoms with E-state index in [1.165, 1.54) is 0 Å². The molecule has 24 heavy (non-hydrogen) atoms. The summed E-state index contributed by atoms with van der Waals surface area (Å²) in [7, 11) is 3.13. The normalized spacial score (nSPS) is 11.7. The van der Waals surface area contributed by atoms with Crippen molar-refractivity contribution in [1.29, 1.82) is 0 Å². The van der Waals surface area contributed by atoms with Crippen molar-refractivity contribution in [1.82, 2.24) is 4.98 Å². The fraction of sp³-hybridized carbons (Fsp3) is 0.105. The fourth-order valence-corrected chi connectivity index (χ4v) is 2.58. The van der Waals surface area contributed by atoms with E-state index in [-0.39, 0.29) is 11.5 Å². The van der Waals surface area contributed by atoms with Crippen LogP contribution in [0.4, 0.5) is 0 Å². The Morgan fingerprint density at radius 1 is 1.04 bits per heavy atom. The zero-order chi connectivity index (χ0) is 17.3. The molecule has 0 saturated heterocycles. The number of nitrogens with zero attached hydrogens (tertiary/aromatic N) is 1. The van der Waals surface area contributed by atoms with Crippen LogP contribution in [0.2, 0.25) is 0 Å². The Bertz CT molecular complexity index is 1010. The molecule has 2 aromatic carbocycles. The van der Waals surface area contributed by atoms with Gasteiger partial charge in [-0.2, -0.15) is 0 Å². The minimum atomic E-state index is -0.0514. The van der Waals surface area contributed by atoms with E-state index in [4.69, 9.17) is 9.47 Å². The van der Waals surface area contributed by atoms with Crippen molar-refractivity contribution in [2.45, 2.75) is 0 Å². The molecule has 5 heteroatoms. The Hall–Kier alpha value is -3.21. The summed E-state index contributed by atoms with van der Waals surface area (Å²) in [6.07, 6.45) is 3.27. The number of ether oxygens (including phenoxy) is 2. The van der Waals surface area contributed by atoms with Gasteiger partial charge in [0.25, 0.3) is 0 Å². The van der Waals surface area contributed by atoms with Crippen LogP contribution in [0.25, 0.3) is 23.6 Å². The third-order valence-electron chi connectivity index (χ3n) is 3.84. The molecule has 1 heterocycles. The lowest BCUT2D eigenvalue weighted by Crippen LogP contribution is -2.24. The molecular weight excluding hydrogens is 306 g/mol. The van der Waals surface area contributed by atoms with Crippen molar-refractivity contribution in [2.75, 3.05) is 14.2 Å². The van der Waals surface area contributed by atoms with Crippen LogP contribution in [0.5, 0.6) is 23.0 Å². The quantitative estimate of drug-likeness (QED) is 0.720. The van der Waals surface area contributed by atoms with E-state index in [1.807, 2.05) is 0 Å². The first-order chi connectivity index (χ1) is 11.5. The molecule has 3 rings (SSSR count). The molecule has 2 N–H and O–H groups in total. The van der Waals surface area contributed by atoms with Crippen molar-refractivity contribution in [3.63, 3.8) is 0 Å². The minimum Gasteiger partial charge on any atom is -0.507 e. The maximum Gasteiger partial charge on any atom is 0.149 e. The average molecular weight is 323 g/mol. The highest BCUT2D eigenvalue weighted by molar-refractivity contribution is 5.90. The second-order valence-electron chi connectivity index (χ2n) is 5.28. The summed E-state index contributed by atoms with van der Waals surface area (Å²) in [4.78, 5) is 4.10. The van der Waals surface area contributed by atoms with Gasteiger partial charge >= 0.3 is 0 Å². The van der Waals surface area contributed by atoms with Crippen LogP contribution in [0, 0.1) is 0 Å². The molecule has 0 aliphatic carbocycles. The van der Waals surface area contributed by atoms with Crippen molar-refractivity contribution < 1.29 is 19.7 Å². The second kappa shape index (κ2) is 6.12. The molecule has 3 aromatic rings. The topological polar surface area (TPSA) is 71.8 Å². The summed E-state index contributed by atoms with van der Waals surface area (Å²) >= 11 is 0. The minimum absolute atomic E-state index is 0.0164. The molecule has 0 atom stereocenters. The molecule has 0 unspecified atom stereocenters. The fourth-order valence-electron chi connectivity index (χ4n) is 2.58. The van der Waals surface area contributed by atoms with E-state index in [2.05, 4.69) is 11.6 Å². The number of aromatic hydroxyl groups is 2. The number of aromatic nitrogens is 1. The molecule has 0 amide bonds. The summed E-state index contributed by atoms with van der Waals surface area (Å²) in [5.74, 6) is 1.21. The van der Waals surface area contributed by atoms with Gasteiger partial charge in [0.2, 0.25) is 0 Å². The van der Waals surface area contributed by atoms with Crippen molar-refractivity contribution >= 4 is 23.6 Å². The van der Waals surface area contributed by atoms with Crippen LogP contribution in [-0.4, -0.2) is 29.4 Å². The van der Waals surface area contributed by atoms with Crippen LogP contribution in [0.15, 0.2) is 36.5 Å². The first-order valence-electron chi connectivity index (χ1n) is 7.27. The maximum atomic E-state index is 10.6. The largest absolute Gasteiger partial charge is 0.507 e. The summed E-state index contributed by atoms with van der Waals surface area (Å²) in [5, 5.41) is 22.1. The predicted octanol–water partition coefficient (Wildman–Crippen LogP) is 1.90. The van der Waals surface area contributed by atoms with Crippen LogP contribution in [-0.2, 0) is 0 Å². The molecule has 0 aliphatic rings. The molecule has 0 spiro atoms. The van der Waals surface area contributed by atoms with Gasteiger partial charge in [0, 0.05) is 28.1 Å². The second-order valence-corrected chi connectivity index (χ2v) is 5.28. The smallest absolute Gasteiger partial charge is 0.149 e. The number of benzene rings is 2. The summed E-state index contributed by atoms with van der Waals surface area (Å²) in [5.41, 5.74) is 1.06. The van der Waals surface area contributed by atoms with Crippen LogP contribution >= 0.6 is 0 Å². The third-order valence-corrected chi connectivity index (χ3v) is 3.84. The molecule has 0 bridgehead atoms. The first kappa shape index (κ1) is 15.7. The van der Waals surface area contributed by atoms with Gasteiger partial charge in [0.05, 0.1) is 14.2 Å². The van der Waals surface area contributed by atoms with Crippen LogP contribution < -0.4 is 19.9 Å². The van der Waals surface area contributed by atoms with E-state index in [1.54, 1.807) is 56.8 Å². The Morgan fingerprint density at radius 2 is 1.71 bits per heavy atom. The highest BCUT2D eigenvalue weighted by Crippen LogP contribution is 2.25. The Morgan fingerprint density at radius 3 is 2.33 bits per heavy atom. The number of hydrogen-bond acceptors (Lipinski definition) is 5. The molecular formula is C19H17NO4. The number of rotatable bonds is 3. The van der Waals surface area contributed by atoms with Crippen LogP contribution in [0.3, 0.4) is 0 Å². The standard InChI is InChI=1S/C19H17NO4/c1-11-16(9-12-7-13(23-2)10-14(8-12)24-3)19(22)15-5-4-6-20-17(15)18(11)21/h4-10,21-22H,1H2,2-3H3/b16-9+. The Kier molecular flexibility index (Phi) is 4.00. The Labute approximate surface area is 138 Å². The van der Waals surface area contributed by atoms with Crippen molar-refractivity contribution in [3.05, 3.63) is 52.5 Å². The lowest BCUT2D eigenvalue weighted by Gasteiger charge is -2.08. The van der Waals surface area contributed by atoms with E-state index < -0.39 is 0 Å². The van der Waals surface area contributed by atoms with E-state index in [0.717, 1.165) is 5.56 Å². The molecule has 0 saturated carbocycles. The van der Waals surface area contributed by atoms with Gasteiger partial charge in [0.15, 0.2) is 0 Å². The summed E-state index contributed by atoms with van der Waals surface area (Å²) in [6.45, 7) is 3.87. The molecule has 0 aliphatic heterocycles. The van der Waals surface area contributed by atoms with Crippen molar-refractivity contribution in [2.24, 2.45) is 0 Å². The van der Waals surface area contributed by atoms with E-state index in [0.29, 0.717) is 32.8 Å². The van der Waals surface area contributed by atoms with Gasteiger partial charge in [-0.25, -0.2) is 0 Å². The van der Waals surface area contributed by atoms with Crippen molar-refractivity contribution in [3.8, 4) is 23.0 Å². The number of fused-ring (bicyclic) bond motifs is 1. The summed E-state index contributed by atoms with van der Waals surface area (Å²) < 4.78 is 10.5. The molecule has 5 nitrogen and oxygen atoms in total. The lowest BCUT2D eigenvalue weighted by atomic mass is 10.1. The van der Waals surface area contributed by atoms with E-state index >= 15 is 0 Å². The molecule has 1 aromatic heterocycles. The highest BCUT2D eigenvalue weighted by Gasteiger charge is 2.10. The van der Waals surface area contributed by atoms with E-state index in [9.17, 15) is 10.2 Å². The van der Waals surface area contributed by atoms with Gasteiger partial charge in [-0.15, -0.1) is 0 Å². The van der Waals surface area contributed by atoms with Gasteiger partial charge in [-0.1, -0.05) is 6.58 Å². The monoisotopic (exact) mass is 323 g/mol. The van der Waals surface area contributed by atoms with Gasteiger partial charge in [-0.05, 0) is 35.9 Å². The zero-order valence-electron chi connectivity index (χ0n) is 13.4. The van der Waals surface area contributed by atoms with Gasteiger partial charge in [-0.3, -0.25) is 4.98 Å². The Balaban J connectivity index is 2.34. The predicted molar refractivity (Wildman–Crippen MR) is 93.0 cm³/mol. The number of phenolic OH excluding ortho intramolecular Hbond substituents is 2. The van der Waals surface area contributed by atoms with Gasteiger partial charge < -0.3 is 19.7 Å². The SMILES string of the molecule is C=c1c(O)c2ncccc2c(O)/c1=C/c1cc(OC)cc(OC)c1. The summed E-state index contributed by atoms with van der Waals surface area (Å²) in [6, 6.07) is 8.74. The maximum absolute atomic E-state index is 10.6. The molecule has 0 fully saturated rings. The van der Waals surface area contributed by atoms with Crippen LogP contribution in [0.1, 0.15) is 5.56 Å². The lowest BCUT2D eigenvalue weighted by molar-refractivity contribution is 0.394. The van der Waals surface area contributed by atoms with Gasteiger partial charge in [0.1, 0.15) is 28.5 Å². The molecule has 122 valence electrons. The number of phenols is 2.